The van der Waals surface area contributed by atoms with Crippen LogP contribution in [-0.4, -0.2) is 17.5 Å². The standard InChI is InChI=1S/C17H14ClNO4/c1-10(20)11-3-6-15(22-2)12(7-11)9-19-14-5-4-13(18)8-16(14)23-17(19)21/h3-8H,9H2,1-2H3. The summed E-state index contributed by atoms with van der Waals surface area (Å²) < 4.78 is 12.0. The van der Waals surface area contributed by atoms with Crippen molar-refractivity contribution in [3.63, 3.8) is 0 Å². The number of carbonyl (C=O) groups excluding carboxylic acids is 1. The molecule has 0 spiro atoms. The minimum Gasteiger partial charge on any atom is -0.496 e. The number of Topliss-reactive ketones (excluding diaryl/α,β-unsaturated/α-hetero) is 1. The van der Waals surface area contributed by atoms with Gasteiger partial charge in [-0.15, -0.1) is 0 Å². The number of rotatable bonds is 4. The van der Waals surface area contributed by atoms with Crippen LogP contribution < -0.4 is 10.5 Å². The van der Waals surface area contributed by atoms with Gasteiger partial charge in [0.1, 0.15) is 5.75 Å². The van der Waals surface area contributed by atoms with Crippen molar-refractivity contribution in [3.8, 4) is 5.75 Å². The second kappa shape index (κ2) is 5.93. The van der Waals surface area contributed by atoms with Crippen LogP contribution in [0, 0.1) is 0 Å². The van der Waals surface area contributed by atoms with Crippen molar-refractivity contribution >= 4 is 28.5 Å². The van der Waals surface area contributed by atoms with E-state index in [0.29, 0.717) is 27.4 Å². The number of ether oxygens (including phenoxy) is 1. The molecule has 3 aromatic rings. The highest BCUT2D eigenvalue weighted by Gasteiger charge is 2.14. The molecule has 0 saturated heterocycles. The van der Waals surface area contributed by atoms with E-state index in [1.807, 2.05) is 0 Å². The summed E-state index contributed by atoms with van der Waals surface area (Å²) in [6.45, 7) is 1.73. The van der Waals surface area contributed by atoms with Crippen molar-refractivity contribution in [2.75, 3.05) is 7.11 Å². The Bertz CT molecular complexity index is 955. The Labute approximate surface area is 137 Å². The number of hydrogen-bond acceptors (Lipinski definition) is 4. The van der Waals surface area contributed by atoms with Gasteiger partial charge in [0.05, 0.1) is 19.2 Å². The van der Waals surface area contributed by atoms with E-state index in [1.54, 1.807) is 43.5 Å². The smallest absolute Gasteiger partial charge is 0.420 e. The fraction of sp³-hybridized carbons (Fsp3) is 0.176. The van der Waals surface area contributed by atoms with Crippen LogP contribution in [0.3, 0.4) is 0 Å². The van der Waals surface area contributed by atoms with Crippen LogP contribution in [-0.2, 0) is 6.54 Å². The Hall–Kier alpha value is -2.53. The van der Waals surface area contributed by atoms with Gasteiger partial charge in [-0.2, -0.15) is 0 Å². The second-order valence-electron chi connectivity index (χ2n) is 5.15. The van der Waals surface area contributed by atoms with Crippen LogP contribution in [0.15, 0.2) is 45.6 Å². The number of halogens is 1. The number of oxazole rings is 1. The maximum atomic E-state index is 12.1. The molecule has 0 N–H and O–H groups in total. The highest BCUT2D eigenvalue weighted by atomic mass is 35.5. The van der Waals surface area contributed by atoms with Crippen molar-refractivity contribution in [3.05, 3.63) is 63.1 Å². The van der Waals surface area contributed by atoms with Crippen LogP contribution in [0.5, 0.6) is 5.75 Å². The molecule has 1 aromatic heterocycles. The predicted octanol–water partition coefficient (Wildman–Crippen LogP) is 3.51. The third-order valence-corrected chi connectivity index (χ3v) is 3.88. The van der Waals surface area contributed by atoms with Crippen molar-refractivity contribution in [1.29, 1.82) is 0 Å². The minimum absolute atomic E-state index is 0.0508. The predicted molar refractivity (Wildman–Crippen MR) is 87.6 cm³/mol. The first-order valence-electron chi connectivity index (χ1n) is 6.96. The molecule has 6 heteroatoms. The quantitative estimate of drug-likeness (QED) is 0.686. The molecule has 0 saturated carbocycles. The van der Waals surface area contributed by atoms with E-state index in [-0.39, 0.29) is 12.3 Å². The molecule has 0 amide bonds. The van der Waals surface area contributed by atoms with Gasteiger partial charge in [0.2, 0.25) is 0 Å². The summed E-state index contributed by atoms with van der Waals surface area (Å²) in [4.78, 5) is 23.7. The van der Waals surface area contributed by atoms with Gasteiger partial charge in [-0.25, -0.2) is 4.79 Å². The fourth-order valence-electron chi connectivity index (χ4n) is 2.48. The lowest BCUT2D eigenvalue weighted by molar-refractivity contribution is 0.101. The van der Waals surface area contributed by atoms with E-state index >= 15 is 0 Å². The monoisotopic (exact) mass is 331 g/mol. The molecule has 0 fully saturated rings. The number of hydrogen-bond donors (Lipinski definition) is 0. The average molecular weight is 332 g/mol. The fourth-order valence-corrected chi connectivity index (χ4v) is 2.64. The van der Waals surface area contributed by atoms with Gasteiger partial charge in [-0.05, 0) is 37.3 Å². The van der Waals surface area contributed by atoms with Crippen LogP contribution in [0.25, 0.3) is 11.1 Å². The first-order chi connectivity index (χ1) is 11.0. The third-order valence-electron chi connectivity index (χ3n) is 3.65. The molecule has 0 aliphatic heterocycles. The van der Waals surface area contributed by atoms with E-state index < -0.39 is 5.76 Å². The molecular weight excluding hydrogens is 318 g/mol. The highest BCUT2D eigenvalue weighted by Crippen LogP contribution is 2.24. The van der Waals surface area contributed by atoms with E-state index in [2.05, 4.69) is 0 Å². The van der Waals surface area contributed by atoms with E-state index in [9.17, 15) is 9.59 Å². The molecule has 0 unspecified atom stereocenters. The summed E-state index contributed by atoms with van der Waals surface area (Å²) in [7, 11) is 1.54. The van der Waals surface area contributed by atoms with Gasteiger partial charge in [-0.1, -0.05) is 11.6 Å². The van der Waals surface area contributed by atoms with Crippen LogP contribution >= 0.6 is 11.6 Å². The Morgan fingerprint density at radius 1 is 1.26 bits per heavy atom. The highest BCUT2D eigenvalue weighted by molar-refractivity contribution is 6.31. The van der Waals surface area contributed by atoms with Crippen molar-refractivity contribution in [1.82, 2.24) is 4.57 Å². The minimum atomic E-state index is -0.488. The molecule has 0 atom stereocenters. The summed E-state index contributed by atoms with van der Waals surface area (Å²) in [6, 6.07) is 10.2. The number of benzene rings is 2. The van der Waals surface area contributed by atoms with Gasteiger partial charge in [0.15, 0.2) is 11.4 Å². The first-order valence-corrected chi connectivity index (χ1v) is 7.34. The van der Waals surface area contributed by atoms with Crippen LogP contribution in [0.1, 0.15) is 22.8 Å². The number of methoxy groups -OCH3 is 1. The number of nitrogens with zero attached hydrogens (tertiary/aromatic N) is 1. The molecule has 0 bridgehead atoms. The maximum absolute atomic E-state index is 12.1. The Balaban J connectivity index is 2.12. The molecule has 0 aliphatic carbocycles. The van der Waals surface area contributed by atoms with Gasteiger partial charge in [-0.3, -0.25) is 9.36 Å². The normalized spacial score (nSPS) is 10.9. The first kappa shape index (κ1) is 15.4. The van der Waals surface area contributed by atoms with Crippen LogP contribution in [0.2, 0.25) is 5.02 Å². The molecule has 0 radical (unpaired) electrons. The van der Waals surface area contributed by atoms with E-state index in [4.69, 9.17) is 20.8 Å². The molecular formula is C17H14ClNO4. The SMILES string of the molecule is COc1ccc(C(C)=O)cc1Cn1c(=O)oc2cc(Cl)ccc21. The Morgan fingerprint density at radius 2 is 2.04 bits per heavy atom. The van der Waals surface area contributed by atoms with Gasteiger partial charge in [0, 0.05) is 22.2 Å². The molecule has 3 rings (SSSR count). The van der Waals surface area contributed by atoms with E-state index in [0.717, 1.165) is 5.56 Å². The zero-order valence-corrected chi connectivity index (χ0v) is 13.4. The van der Waals surface area contributed by atoms with Gasteiger partial charge >= 0.3 is 5.76 Å². The summed E-state index contributed by atoms with van der Waals surface area (Å²) in [5, 5.41) is 0.495. The molecule has 5 nitrogen and oxygen atoms in total. The molecule has 1 heterocycles. The molecule has 2 aromatic carbocycles. The number of ketones is 1. The Kier molecular flexibility index (Phi) is 3.96. The van der Waals surface area contributed by atoms with Gasteiger partial charge < -0.3 is 9.15 Å². The maximum Gasteiger partial charge on any atom is 0.420 e. The summed E-state index contributed by atoms with van der Waals surface area (Å²) in [6.07, 6.45) is 0. The molecule has 0 aliphatic rings. The average Bonchev–Trinajstić information content (AvgIpc) is 2.82. The third kappa shape index (κ3) is 2.87. The lowest BCUT2D eigenvalue weighted by Crippen LogP contribution is -2.15. The lowest BCUT2D eigenvalue weighted by atomic mass is 10.1. The zero-order chi connectivity index (χ0) is 16.6. The van der Waals surface area contributed by atoms with Crippen molar-refractivity contribution in [2.24, 2.45) is 0 Å². The van der Waals surface area contributed by atoms with Crippen molar-refractivity contribution in [2.45, 2.75) is 13.5 Å². The van der Waals surface area contributed by atoms with E-state index in [1.165, 1.54) is 11.5 Å². The molecule has 23 heavy (non-hydrogen) atoms. The van der Waals surface area contributed by atoms with Gasteiger partial charge in [0.25, 0.3) is 0 Å². The van der Waals surface area contributed by atoms with Crippen LogP contribution in [0.4, 0.5) is 0 Å². The largest absolute Gasteiger partial charge is 0.496 e. The number of carbonyl (C=O) groups is 1. The number of aromatic nitrogens is 1. The Morgan fingerprint density at radius 3 is 2.74 bits per heavy atom. The zero-order valence-electron chi connectivity index (χ0n) is 12.6. The lowest BCUT2D eigenvalue weighted by Gasteiger charge is -2.10. The summed E-state index contributed by atoms with van der Waals surface area (Å²) >= 11 is 5.91. The molecule has 118 valence electrons. The van der Waals surface area contributed by atoms with Crippen molar-refractivity contribution < 1.29 is 13.9 Å². The summed E-state index contributed by atoms with van der Waals surface area (Å²) in [5.41, 5.74) is 2.34. The topological polar surface area (TPSA) is 61.4 Å². The number of fused-ring (bicyclic) bond motifs is 1. The summed E-state index contributed by atoms with van der Waals surface area (Å²) in [5.74, 6) is 0.0628. The second-order valence-corrected chi connectivity index (χ2v) is 5.59.